The van der Waals surface area contributed by atoms with Crippen LogP contribution in [0, 0.1) is 17.6 Å². The number of aliphatic hydroxyl groups excluding tert-OH is 1. The second-order valence-electron chi connectivity index (χ2n) is 6.53. The first-order valence-electron chi connectivity index (χ1n) is 8.84. The minimum atomic E-state index is -4.20. The van der Waals surface area contributed by atoms with Crippen molar-refractivity contribution in [1.82, 2.24) is 0 Å². The first-order chi connectivity index (χ1) is 13.8. The molecule has 0 fully saturated rings. The van der Waals surface area contributed by atoms with Crippen molar-refractivity contribution in [2.24, 2.45) is 11.7 Å². The summed E-state index contributed by atoms with van der Waals surface area (Å²) in [5.41, 5.74) is 5.35. The van der Waals surface area contributed by atoms with Crippen LogP contribution in [0.1, 0.15) is 10.8 Å². The highest BCUT2D eigenvalue weighted by Gasteiger charge is 2.47. The van der Waals surface area contributed by atoms with Gasteiger partial charge in [0, 0.05) is 17.5 Å². The lowest BCUT2D eigenvalue weighted by atomic mass is 9.90. The summed E-state index contributed by atoms with van der Waals surface area (Å²) in [4.78, 5) is -0.105. The zero-order chi connectivity index (χ0) is 21.2. The molecular formula is C19H20ClF2NO5S. The lowest BCUT2D eigenvalue weighted by Crippen LogP contribution is -2.44. The Kier molecular flexibility index (Phi) is 6.75. The van der Waals surface area contributed by atoms with Crippen LogP contribution in [0.5, 0.6) is 5.75 Å². The minimum absolute atomic E-state index is 0.0927. The van der Waals surface area contributed by atoms with E-state index in [0.717, 1.165) is 12.1 Å². The van der Waals surface area contributed by atoms with E-state index in [4.69, 9.17) is 31.9 Å². The first kappa shape index (κ1) is 21.9. The number of hydrogen-bond acceptors (Lipinski definition) is 6. The number of hydrogen-bond donors (Lipinski definition) is 2. The predicted octanol–water partition coefficient (Wildman–Crippen LogP) is 2.48. The molecule has 6 nitrogen and oxygen atoms in total. The normalized spacial score (nSPS) is 20.0. The van der Waals surface area contributed by atoms with Gasteiger partial charge >= 0.3 is 0 Å². The van der Waals surface area contributed by atoms with Crippen LogP contribution in [0.3, 0.4) is 0 Å². The molecule has 3 N–H and O–H groups in total. The van der Waals surface area contributed by atoms with Crippen LogP contribution >= 0.6 is 11.6 Å². The van der Waals surface area contributed by atoms with Crippen LogP contribution in [0.15, 0.2) is 41.3 Å². The lowest BCUT2D eigenvalue weighted by Gasteiger charge is -2.37. The fourth-order valence-electron chi connectivity index (χ4n) is 3.47. The molecule has 0 spiro atoms. The van der Waals surface area contributed by atoms with E-state index in [1.807, 2.05) is 0 Å². The number of halogens is 3. The summed E-state index contributed by atoms with van der Waals surface area (Å²) in [5, 5.41) is 7.87. The highest BCUT2D eigenvalue weighted by molar-refractivity contribution is 7.91. The Morgan fingerprint density at radius 3 is 2.48 bits per heavy atom. The highest BCUT2D eigenvalue weighted by Crippen LogP contribution is 2.47. The molecule has 0 unspecified atom stereocenters. The number of sulfone groups is 1. The van der Waals surface area contributed by atoms with Crippen molar-refractivity contribution >= 4 is 21.4 Å². The van der Waals surface area contributed by atoms with Crippen molar-refractivity contribution in [3.8, 4) is 5.75 Å². The quantitative estimate of drug-likeness (QED) is 0.676. The van der Waals surface area contributed by atoms with Gasteiger partial charge in [-0.15, -0.1) is 0 Å². The van der Waals surface area contributed by atoms with E-state index < -0.39 is 50.1 Å². The molecule has 0 bridgehead atoms. The highest BCUT2D eigenvalue weighted by atomic mass is 35.5. The van der Waals surface area contributed by atoms with Gasteiger partial charge in [0.2, 0.25) is 0 Å². The molecule has 10 heteroatoms. The molecule has 0 aliphatic carbocycles. The summed E-state index contributed by atoms with van der Waals surface area (Å²) in [6.07, 6.45) is -0.870. The van der Waals surface area contributed by atoms with Gasteiger partial charge in [0.05, 0.1) is 36.4 Å². The molecule has 1 heterocycles. The topological polar surface area (TPSA) is 98.8 Å². The Hall–Kier alpha value is -1.78. The molecule has 29 heavy (non-hydrogen) atoms. The Morgan fingerprint density at radius 2 is 1.86 bits per heavy atom. The summed E-state index contributed by atoms with van der Waals surface area (Å²) in [6.45, 7) is -0.756. The first-order valence-corrected chi connectivity index (χ1v) is 10.8. The molecular weight excluding hydrogens is 428 g/mol. The molecule has 0 radical (unpaired) electrons. The molecule has 158 valence electrons. The maximum Gasteiger partial charge on any atom is 0.186 e. The van der Waals surface area contributed by atoms with Crippen LogP contribution < -0.4 is 10.5 Å². The molecule has 0 saturated carbocycles. The monoisotopic (exact) mass is 447 g/mol. The fourth-order valence-corrected chi connectivity index (χ4v) is 5.65. The lowest BCUT2D eigenvalue weighted by molar-refractivity contribution is -0.0189. The van der Waals surface area contributed by atoms with Crippen LogP contribution in [0.2, 0.25) is 5.02 Å². The average Bonchev–Trinajstić information content (AvgIpc) is 2.71. The largest absolute Gasteiger partial charge is 0.490 e. The standard InChI is InChI=1S/C19H20ClF2NO5S/c20-11-1-3-12(4-2-11)29(25,26)19-13(16(9-23)27-8-7-24)10-28-18-15(22)6-5-14(21)17(18)19/h1-6,13,16,19,24H,7-10,23H2/t13-,16-,19-/m0/s1. The average molecular weight is 448 g/mol. The third-order valence-electron chi connectivity index (χ3n) is 4.80. The number of rotatable bonds is 7. The van der Waals surface area contributed by atoms with Gasteiger partial charge in [0.25, 0.3) is 0 Å². The summed E-state index contributed by atoms with van der Waals surface area (Å²) >= 11 is 5.85. The smallest absolute Gasteiger partial charge is 0.186 e. The number of ether oxygens (including phenoxy) is 2. The molecule has 0 saturated heterocycles. The van der Waals surface area contributed by atoms with Gasteiger partial charge in [-0.1, -0.05) is 11.6 Å². The van der Waals surface area contributed by atoms with Crippen molar-refractivity contribution in [3.63, 3.8) is 0 Å². The zero-order valence-corrected chi connectivity index (χ0v) is 16.8. The Labute approximate surface area is 172 Å². The SMILES string of the molecule is NC[C@H](OCCO)[C@@H]1COc2c(F)ccc(F)c2[C@H]1S(=O)(=O)c1ccc(Cl)cc1. The zero-order valence-electron chi connectivity index (χ0n) is 15.2. The van der Waals surface area contributed by atoms with E-state index in [1.165, 1.54) is 24.3 Å². The number of aliphatic hydroxyl groups is 1. The summed E-state index contributed by atoms with van der Waals surface area (Å²) in [7, 11) is -4.20. The third-order valence-corrected chi connectivity index (χ3v) is 7.23. The van der Waals surface area contributed by atoms with E-state index in [-0.39, 0.29) is 31.3 Å². The van der Waals surface area contributed by atoms with Crippen LogP contribution in [0.25, 0.3) is 0 Å². The second-order valence-corrected chi connectivity index (χ2v) is 9.04. The molecule has 1 aliphatic heterocycles. The van der Waals surface area contributed by atoms with E-state index in [2.05, 4.69) is 0 Å². The van der Waals surface area contributed by atoms with Crippen molar-refractivity contribution in [2.75, 3.05) is 26.4 Å². The van der Waals surface area contributed by atoms with Gasteiger partial charge in [-0.3, -0.25) is 0 Å². The van der Waals surface area contributed by atoms with Gasteiger partial charge in [0.1, 0.15) is 11.1 Å². The number of benzene rings is 2. The van der Waals surface area contributed by atoms with Crippen LogP contribution in [0.4, 0.5) is 8.78 Å². The Balaban J connectivity index is 2.18. The van der Waals surface area contributed by atoms with Crippen molar-refractivity contribution in [2.45, 2.75) is 16.2 Å². The van der Waals surface area contributed by atoms with Gasteiger partial charge in [-0.2, -0.15) is 0 Å². The summed E-state index contributed by atoms with van der Waals surface area (Å²) < 4.78 is 66.9. The van der Waals surface area contributed by atoms with Gasteiger partial charge in [0.15, 0.2) is 21.4 Å². The molecule has 2 aromatic carbocycles. The third kappa shape index (κ3) is 4.24. The van der Waals surface area contributed by atoms with Crippen molar-refractivity contribution < 1.29 is 31.8 Å². The number of nitrogens with two attached hydrogens (primary N) is 1. The van der Waals surface area contributed by atoms with Crippen LogP contribution in [-0.4, -0.2) is 46.0 Å². The molecule has 3 rings (SSSR count). The van der Waals surface area contributed by atoms with Gasteiger partial charge in [-0.05, 0) is 36.4 Å². The minimum Gasteiger partial charge on any atom is -0.490 e. The number of fused-ring (bicyclic) bond motifs is 1. The maximum absolute atomic E-state index is 14.8. The maximum atomic E-state index is 14.8. The van der Waals surface area contributed by atoms with E-state index in [9.17, 15) is 17.2 Å². The van der Waals surface area contributed by atoms with E-state index in [1.54, 1.807) is 0 Å². The van der Waals surface area contributed by atoms with Crippen LogP contribution in [-0.2, 0) is 14.6 Å². The molecule has 0 aromatic heterocycles. The van der Waals surface area contributed by atoms with Crippen molar-refractivity contribution in [1.29, 1.82) is 0 Å². The molecule has 0 amide bonds. The summed E-state index contributed by atoms with van der Waals surface area (Å²) in [5.74, 6) is -3.15. The van der Waals surface area contributed by atoms with Gasteiger partial charge < -0.3 is 20.3 Å². The fraction of sp³-hybridized carbons (Fsp3) is 0.368. The Morgan fingerprint density at radius 1 is 1.21 bits per heavy atom. The van der Waals surface area contributed by atoms with E-state index >= 15 is 0 Å². The Bertz CT molecular complexity index is 971. The summed E-state index contributed by atoms with van der Waals surface area (Å²) in [6, 6.07) is 7.13. The molecule has 3 atom stereocenters. The molecule has 1 aliphatic rings. The van der Waals surface area contributed by atoms with Gasteiger partial charge in [-0.25, -0.2) is 17.2 Å². The predicted molar refractivity (Wildman–Crippen MR) is 103 cm³/mol. The second kappa shape index (κ2) is 8.93. The van der Waals surface area contributed by atoms with Crippen molar-refractivity contribution in [3.05, 3.63) is 58.6 Å². The van der Waals surface area contributed by atoms with E-state index in [0.29, 0.717) is 5.02 Å². The molecule has 2 aromatic rings.